The molecule has 0 bridgehead atoms. The lowest BCUT2D eigenvalue weighted by Crippen LogP contribution is -2.27. The van der Waals surface area contributed by atoms with Crippen LogP contribution in [0.4, 0.5) is 37.5 Å². The van der Waals surface area contributed by atoms with Gasteiger partial charge >= 0.3 is 6.09 Å². The van der Waals surface area contributed by atoms with Gasteiger partial charge in [-0.25, -0.2) is 4.79 Å². The largest absolute Gasteiger partial charge is 0.444 e. The normalized spacial score (nSPS) is 14.3. The molecule has 10 nitrogen and oxygen atoms in total. The predicted octanol–water partition coefficient (Wildman–Crippen LogP) is 8.13. The number of benzene rings is 2. The highest BCUT2D eigenvalue weighted by atomic mass is 32.1. The predicted molar refractivity (Wildman–Crippen MR) is 195 cm³/mol. The molecule has 0 spiro atoms. The summed E-state index contributed by atoms with van der Waals surface area (Å²) < 4.78 is 5.28. The number of nitrogens with two attached hydrogens (primary N) is 1. The number of para-hydroxylation sites is 4. The second-order valence-electron chi connectivity index (χ2n) is 12.3. The number of carbonyl (C=O) groups excluding carboxylic acids is 3. The smallest absolute Gasteiger partial charge is 0.412 e. The van der Waals surface area contributed by atoms with E-state index in [-0.39, 0.29) is 11.8 Å². The van der Waals surface area contributed by atoms with Gasteiger partial charge in [0.05, 0.1) is 42.5 Å². The Morgan fingerprint density at radius 1 is 0.638 bits per heavy atom. The van der Waals surface area contributed by atoms with Gasteiger partial charge in [-0.1, -0.05) is 24.3 Å². The molecule has 2 saturated heterocycles. The second kappa shape index (κ2) is 15.4. The zero-order valence-corrected chi connectivity index (χ0v) is 28.6. The van der Waals surface area contributed by atoms with Crippen LogP contribution in [0.25, 0.3) is 0 Å². The molecular weight excluding hydrogens is 633 g/mol. The van der Waals surface area contributed by atoms with Crippen LogP contribution in [-0.4, -0.2) is 49.7 Å². The Balaban J connectivity index is 0.000000193. The third-order valence-corrected chi connectivity index (χ3v) is 9.78. The summed E-state index contributed by atoms with van der Waals surface area (Å²) >= 11 is 3.02. The lowest BCUT2D eigenvalue weighted by Gasteiger charge is -2.20. The lowest BCUT2D eigenvalue weighted by molar-refractivity contribution is 0.0635. The van der Waals surface area contributed by atoms with E-state index in [0.29, 0.717) is 27.6 Å². The molecule has 4 aromatic rings. The Bertz CT molecular complexity index is 1680. The van der Waals surface area contributed by atoms with Crippen molar-refractivity contribution in [3.8, 4) is 0 Å². The number of rotatable bonds is 7. The van der Waals surface area contributed by atoms with Crippen molar-refractivity contribution >= 4 is 73.3 Å². The molecule has 5 N–H and O–H groups in total. The summed E-state index contributed by atoms with van der Waals surface area (Å²) in [5.74, 6) is -0.290. The zero-order valence-electron chi connectivity index (χ0n) is 27.0. The van der Waals surface area contributed by atoms with Crippen molar-refractivity contribution in [2.75, 3.05) is 57.7 Å². The fraction of sp³-hybridized carbons (Fsp3) is 0.343. The van der Waals surface area contributed by atoms with Gasteiger partial charge in [0.15, 0.2) is 0 Å². The Kier molecular flexibility index (Phi) is 11.0. The molecule has 3 amide bonds. The monoisotopic (exact) mass is 674 g/mol. The second-order valence-corrected chi connectivity index (χ2v) is 14.5. The summed E-state index contributed by atoms with van der Waals surface area (Å²) in [5.41, 5.74) is 7.51. The molecule has 2 aromatic heterocycles. The maximum absolute atomic E-state index is 12.6. The Morgan fingerprint density at radius 2 is 1.06 bits per heavy atom. The van der Waals surface area contributed by atoms with Crippen LogP contribution in [0.1, 0.15) is 65.8 Å². The summed E-state index contributed by atoms with van der Waals surface area (Å²) in [5, 5.41) is 10.7. The van der Waals surface area contributed by atoms with E-state index in [2.05, 4.69) is 25.8 Å². The number of nitrogens with zero attached hydrogens (tertiary/aromatic N) is 2. The van der Waals surface area contributed by atoms with Crippen molar-refractivity contribution in [3.63, 3.8) is 0 Å². The molecule has 2 aromatic carbocycles. The van der Waals surface area contributed by atoms with Gasteiger partial charge in [0.1, 0.15) is 5.60 Å². The molecule has 0 atom stereocenters. The third kappa shape index (κ3) is 9.49. The van der Waals surface area contributed by atoms with Crippen LogP contribution in [0.5, 0.6) is 0 Å². The van der Waals surface area contributed by atoms with Crippen LogP contribution in [0.2, 0.25) is 0 Å². The number of nitrogen functional groups attached to an aromatic ring is 1. The lowest BCUT2D eigenvalue weighted by atomic mass is 10.2. The average Bonchev–Trinajstić information content (AvgIpc) is 3.86. The van der Waals surface area contributed by atoms with Crippen molar-refractivity contribution in [1.29, 1.82) is 0 Å². The van der Waals surface area contributed by atoms with E-state index < -0.39 is 11.7 Å². The number of anilines is 6. The van der Waals surface area contributed by atoms with E-state index in [1.54, 1.807) is 51.1 Å². The van der Waals surface area contributed by atoms with Crippen LogP contribution in [-0.2, 0) is 4.74 Å². The van der Waals surface area contributed by atoms with Crippen LogP contribution in [0.3, 0.4) is 0 Å². The molecule has 2 aliphatic heterocycles. The molecule has 0 radical (unpaired) electrons. The number of hydrogen-bond acceptors (Lipinski definition) is 9. The molecule has 0 saturated carbocycles. The first kappa shape index (κ1) is 33.8. The summed E-state index contributed by atoms with van der Waals surface area (Å²) in [7, 11) is 0. The minimum absolute atomic E-state index is 0.0988. The minimum atomic E-state index is -0.592. The molecule has 4 heterocycles. The maximum atomic E-state index is 12.6. The minimum Gasteiger partial charge on any atom is -0.444 e. The van der Waals surface area contributed by atoms with Gasteiger partial charge in [0, 0.05) is 26.2 Å². The summed E-state index contributed by atoms with van der Waals surface area (Å²) in [6, 6.07) is 22.1. The fourth-order valence-corrected chi connectivity index (χ4v) is 7.11. The highest BCUT2D eigenvalue weighted by Crippen LogP contribution is 2.31. The molecule has 248 valence electrons. The van der Waals surface area contributed by atoms with Gasteiger partial charge in [0.25, 0.3) is 11.8 Å². The molecule has 47 heavy (non-hydrogen) atoms. The zero-order chi connectivity index (χ0) is 33.4. The van der Waals surface area contributed by atoms with Crippen LogP contribution in [0, 0.1) is 0 Å². The van der Waals surface area contributed by atoms with Crippen molar-refractivity contribution in [2.24, 2.45) is 0 Å². The van der Waals surface area contributed by atoms with E-state index in [4.69, 9.17) is 10.5 Å². The molecular formula is C35H42N6O4S2. The van der Waals surface area contributed by atoms with Gasteiger partial charge in [-0.3, -0.25) is 14.9 Å². The fourth-order valence-electron chi connectivity index (χ4n) is 5.21. The van der Waals surface area contributed by atoms with Crippen LogP contribution in [0.15, 0.2) is 72.8 Å². The standard InChI is InChI=1S/C20H25N3O3S.C15H17N3OS/c1-20(2,3)26-19(25)22-15-9-5-4-8-14(15)21-18(24)16-10-11-17(27-16)23-12-6-7-13-23;16-11-5-1-2-6-12(11)17-15(19)13-7-8-14(20-13)18-9-3-4-10-18/h4-5,8-11H,6-7,12-13H2,1-3H3,(H,21,24)(H,22,25);1-2,5-8H,3-4,9-10,16H2,(H,17,19). The van der Waals surface area contributed by atoms with E-state index >= 15 is 0 Å². The average molecular weight is 675 g/mol. The number of carbonyl (C=O) groups is 3. The topological polar surface area (TPSA) is 129 Å². The SMILES string of the molecule is CC(C)(C)OC(=O)Nc1ccccc1NC(=O)c1ccc(N2CCCC2)s1.Nc1ccccc1NC(=O)c1ccc(N2CCCC2)s1. The molecule has 6 rings (SSSR count). The van der Waals surface area contributed by atoms with Crippen molar-refractivity contribution in [2.45, 2.75) is 52.1 Å². The highest BCUT2D eigenvalue weighted by Gasteiger charge is 2.20. The number of ether oxygens (including phenoxy) is 1. The Morgan fingerprint density at radius 3 is 1.53 bits per heavy atom. The van der Waals surface area contributed by atoms with Crippen LogP contribution < -0.4 is 31.5 Å². The first-order valence-corrected chi connectivity index (χ1v) is 17.4. The Labute approximate surface area is 283 Å². The van der Waals surface area contributed by atoms with Crippen LogP contribution >= 0.6 is 22.7 Å². The van der Waals surface area contributed by atoms with E-state index in [0.717, 1.165) is 36.1 Å². The quantitative estimate of drug-likeness (QED) is 0.146. The molecule has 0 aliphatic carbocycles. The van der Waals surface area contributed by atoms with Crippen molar-refractivity contribution in [1.82, 2.24) is 0 Å². The van der Waals surface area contributed by atoms with Gasteiger partial charge in [-0.15, -0.1) is 22.7 Å². The van der Waals surface area contributed by atoms with Crippen molar-refractivity contribution < 1.29 is 19.1 Å². The summed E-state index contributed by atoms with van der Waals surface area (Å²) in [6.45, 7) is 9.67. The van der Waals surface area contributed by atoms with Gasteiger partial charge in [-0.2, -0.15) is 0 Å². The maximum Gasteiger partial charge on any atom is 0.412 e. The first-order valence-electron chi connectivity index (χ1n) is 15.8. The van der Waals surface area contributed by atoms with Crippen molar-refractivity contribution in [3.05, 3.63) is 82.6 Å². The van der Waals surface area contributed by atoms with Gasteiger partial charge in [-0.05, 0) is 95.0 Å². The van der Waals surface area contributed by atoms with Gasteiger partial charge < -0.3 is 30.9 Å². The number of nitrogens with one attached hydrogen (secondary N) is 3. The first-order chi connectivity index (χ1) is 22.6. The number of hydrogen-bond donors (Lipinski definition) is 4. The molecule has 12 heteroatoms. The molecule has 2 fully saturated rings. The highest BCUT2D eigenvalue weighted by molar-refractivity contribution is 7.18. The number of thiophene rings is 2. The van der Waals surface area contributed by atoms with Gasteiger partial charge in [0.2, 0.25) is 0 Å². The Hall–Kier alpha value is -4.55. The summed E-state index contributed by atoms with van der Waals surface area (Å²) in [4.78, 5) is 42.9. The summed E-state index contributed by atoms with van der Waals surface area (Å²) in [6.07, 6.45) is 4.31. The molecule has 0 unspecified atom stereocenters. The molecule has 2 aliphatic rings. The van der Waals surface area contributed by atoms with E-state index in [9.17, 15) is 14.4 Å². The van der Waals surface area contributed by atoms with E-state index in [1.807, 2.05) is 42.5 Å². The number of amides is 3. The van der Waals surface area contributed by atoms with E-state index in [1.165, 1.54) is 53.4 Å². The third-order valence-electron chi connectivity index (χ3n) is 7.49.